The molecular weight excluding hydrogens is 552 g/mol. The highest BCUT2D eigenvalue weighted by atomic mass is 79.9. The van der Waals surface area contributed by atoms with E-state index < -0.39 is 3.74 Å². The third-order valence-corrected chi connectivity index (χ3v) is 4.16. The lowest BCUT2D eigenvalue weighted by atomic mass is 10.3. The molecule has 0 fully saturated rings. The fourth-order valence-corrected chi connectivity index (χ4v) is 3.34. The van der Waals surface area contributed by atoms with E-state index >= 15 is 0 Å². The van der Waals surface area contributed by atoms with Gasteiger partial charge in [-0.15, -0.1) is 0 Å². The summed E-state index contributed by atoms with van der Waals surface area (Å²) in [5.41, 5.74) is 3.55. The van der Waals surface area contributed by atoms with Crippen molar-refractivity contribution in [1.82, 2.24) is 0 Å². The van der Waals surface area contributed by atoms with Crippen LogP contribution in [0.4, 0.5) is 5.69 Å². The van der Waals surface area contributed by atoms with E-state index in [9.17, 15) is 4.79 Å². The molecule has 0 radical (unpaired) electrons. The first-order valence-electron chi connectivity index (χ1n) is 4.18. The van der Waals surface area contributed by atoms with Crippen molar-refractivity contribution in [2.45, 2.75) is 3.74 Å². The van der Waals surface area contributed by atoms with Crippen LogP contribution in [0.15, 0.2) is 32.2 Å². The van der Waals surface area contributed by atoms with E-state index in [0.717, 1.165) is 14.6 Å². The maximum atomic E-state index is 11.5. The number of hydrogen-bond acceptors (Lipinski definition) is 3. The zero-order valence-electron chi connectivity index (χ0n) is 8.05. The predicted molar refractivity (Wildman–Crippen MR) is 88.5 cm³/mol. The van der Waals surface area contributed by atoms with Crippen LogP contribution in [0.25, 0.3) is 0 Å². The second-order valence-electron chi connectivity index (χ2n) is 2.80. The number of carbonyl (C=O) groups excluding carboxylic acids is 1. The van der Waals surface area contributed by atoms with Gasteiger partial charge in [-0.1, -0.05) is 47.8 Å². The number of benzene rings is 1. The molecule has 1 aromatic rings. The molecular formula is C9H5Br5N2O. The first-order chi connectivity index (χ1) is 7.91. The Morgan fingerprint density at radius 1 is 1.29 bits per heavy atom. The lowest BCUT2D eigenvalue weighted by molar-refractivity contribution is -0.110. The molecule has 0 atom stereocenters. The van der Waals surface area contributed by atoms with E-state index in [1.807, 2.05) is 18.2 Å². The SMILES string of the molecule is O=C(C(Br)=NNc1ccc(Br)cc1Br)C(Br)Br. The quantitative estimate of drug-likeness (QED) is 0.322. The molecule has 1 aromatic carbocycles. The topological polar surface area (TPSA) is 41.5 Å². The van der Waals surface area contributed by atoms with Gasteiger partial charge in [0.25, 0.3) is 0 Å². The van der Waals surface area contributed by atoms with Gasteiger partial charge in [-0.05, 0) is 50.1 Å². The molecule has 0 spiro atoms. The average molecular weight is 557 g/mol. The van der Waals surface area contributed by atoms with Crippen LogP contribution in [0, 0.1) is 0 Å². The van der Waals surface area contributed by atoms with Crippen LogP contribution in [0.1, 0.15) is 0 Å². The van der Waals surface area contributed by atoms with Crippen LogP contribution in [-0.2, 0) is 4.79 Å². The number of hydrogen-bond donors (Lipinski definition) is 1. The molecule has 0 heterocycles. The zero-order chi connectivity index (χ0) is 13.0. The van der Waals surface area contributed by atoms with E-state index in [0.29, 0.717) is 0 Å². The van der Waals surface area contributed by atoms with E-state index in [4.69, 9.17) is 0 Å². The van der Waals surface area contributed by atoms with Crippen LogP contribution in [0.2, 0.25) is 0 Å². The molecule has 0 saturated heterocycles. The molecule has 0 bridgehead atoms. The van der Waals surface area contributed by atoms with Crippen LogP contribution in [0.3, 0.4) is 0 Å². The van der Waals surface area contributed by atoms with Gasteiger partial charge in [0.1, 0.15) is 3.74 Å². The zero-order valence-corrected chi connectivity index (χ0v) is 16.0. The fourth-order valence-electron chi connectivity index (χ4n) is 0.835. The number of nitrogens with zero attached hydrogens (tertiary/aromatic N) is 1. The lowest BCUT2D eigenvalue weighted by Gasteiger charge is -2.05. The van der Waals surface area contributed by atoms with Gasteiger partial charge in [0.05, 0.1) is 5.69 Å². The minimum Gasteiger partial charge on any atom is -0.290 e. The van der Waals surface area contributed by atoms with Crippen molar-refractivity contribution in [3.8, 4) is 0 Å². The summed E-state index contributed by atoms with van der Waals surface area (Å²) in [5, 5.41) is 3.93. The van der Waals surface area contributed by atoms with Crippen molar-refractivity contribution < 1.29 is 4.79 Å². The minimum atomic E-state index is -0.455. The molecule has 1 N–H and O–H groups in total. The Labute approximate surface area is 140 Å². The van der Waals surface area contributed by atoms with Crippen LogP contribution in [0.5, 0.6) is 0 Å². The molecule has 0 unspecified atom stereocenters. The van der Waals surface area contributed by atoms with Crippen LogP contribution in [-0.4, -0.2) is 14.1 Å². The molecule has 0 aliphatic rings. The van der Waals surface area contributed by atoms with Crippen molar-refractivity contribution in [1.29, 1.82) is 0 Å². The van der Waals surface area contributed by atoms with Gasteiger partial charge in [-0.2, -0.15) is 5.10 Å². The number of rotatable bonds is 4. The molecule has 0 saturated carbocycles. The molecule has 0 aliphatic heterocycles. The van der Waals surface area contributed by atoms with Crippen molar-refractivity contribution in [3.63, 3.8) is 0 Å². The summed E-state index contributed by atoms with van der Waals surface area (Å²) in [7, 11) is 0. The second kappa shape index (κ2) is 7.37. The molecule has 92 valence electrons. The van der Waals surface area contributed by atoms with Crippen molar-refractivity contribution >= 4 is 95.7 Å². The van der Waals surface area contributed by atoms with Gasteiger partial charge < -0.3 is 0 Å². The number of halogens is 5. The minimum absolute atomic E-state index is 0.200. The lowest BCUT2D eigenvalue weighted by Crippen LogP contribution is -2.15. The molecule has 8 heteroatoms. The number of hydrazone groups is 1. The summed E-state index contributed by atoms with van der Waals surface area (Å²) >= 11 is 16.0. The standard InChI is InChI=1S/C9H5Br5N2O/c10-4-1-2-6(5(11)3-4)15-16-9(14)7(17)8(12)13/h1-3,8,15H. The molecule has 3 nitrogen and oxygen atoms in total. The predicted octanol–water partition coefficient (Wildman–Crippen LogP) is 5.02. The number of Topliss-reactive ketones (excluding diaryl/α,β-unsaturated/α-hetero) is 1. The molecule has 0 amide bonds. The van der Waals surface area contributed by atoms with Crippen molar-refractivity contribution in [2.75, 3.05) is 5.43 Å². The first kappa shape index (κ1) is 15.8. The highest BCUT2D eigenvalue weighted by molar-refractivity contribution is 9.25. The van der Waals surface area contributed by atoms with E-state index in [1.54, 1.807) is 0 Å². The van der Waals surface area contributed by atoms with Gasteiger partial charge in [0.2, 0.25) is 5.78 Å². The van der Waals surface area contributed by atoms with Gasteiger partial charge >= 0.3 is 0 Å². The Morgan fingerprint density at radius 3 is 2.47 bits per heavy atom. The summed E-state index contributed by atoms with van der Waals surface area (Å²) in [6.07, 6.45) is 0. The van der Waals surface area contributed by atoms with Crippen molar-refractivity contribution in [3.05, 3.63) is 27.1 Å². The molecule has 0 aromatic heterocycles. The summed E-state index contributed by atoms with van der Waals surface area (Å²) in [4.78, 5) is 11.5. The normalized spacial score (nSPS) is 11.8. The molecule has 17 heavy (non-hydrogen) atoms. The fraction of sp³-hybridized carbons (Fsp3) is 0.111. The van der Waals surface area contributed by atoms with Gasteiger partial charge in [-0.3, -0.25) is 10.2 Å². The number of nitrogens with one attached hydrogen (secondary N) is 1. The number of ketones is 1. The Morgan fingerprint density at radius 2 is 1.94 bits per heavy atom. The average Bonchev–Trinajstić information content (AvgIpc) is 2.26. The third-order valence-electron chi connectivity index (χ3n) is 1.61. The van der Waals surface area contributed by atoms with Gasteiger partial charge in [-0.25, -0.2) is 0 Å². The third kappa shape index (κ3) is 5.10. The Balaban J connectivity index is 2.79. The number of alkyl halides is 2. The monoisotopic (exact) mass is 552 g/mol. The highest BCUT2D eigenvalue weighted by Gasteiger charge is 2.15. The van der Waals surface area contributed by atoms with Gasteiger partial charge in [0, 0.05) is 8.95 Å². The van der Waals surface area contributed by atoms with Gasteiger partial charge in [0.15, 0.2) is 4.62 Å². The summed E-state index contributed by atoms with van der Waals surface area (Å²) < 4.78 is 1.54. The van der Waals surface area contributed by atoms with E-state index in [1.165, 1.54) is 0 Å². The van der Waals surface area contributed by atoms with Crippen LogP contribution < -0.4 is 5.43 Å². The number of carbonyl (C=O) groups is 1. The molecule has 1 rings (SSSR count). The number of anilines is 1. The Bertz CT molecular complexity index is 461. The van der Waals surface area contributed by atoms with E-state index in [-0.39, 0.29) is 10.4 Å². The van der Waals surface area contributed by atoms with Crippen LogP contribution >= 0.6 is 79.6 Å². The smallest absolute Gasteiger partial charge is 0.214 e. The van der Waals surface area contributed by atoms with E-state index in [2.05, 4.69) is 90.2 Å². The second-order valence-corrected chi connectivity index (χ2v) is 8.38. The maximum absolute atomic E-state index is 11.5. The summed E-state index contributed by atoms with van der Waals surface area (Å²) in [6.45, 7) is 0. The van der Waals surface area contributed by atoms with Crippen molar-refractivity contribution in [2.24, 2.45) is 5.10 Å². The Hall–Kier alpha value is 0.760. The largest absolute Gasteiger partial charge is 0.290 e. The maximum Gasteiger partial charge on any atom is 0.214 e. The molecule has 0 aliphatic carbocycles. The summed E-state index contributed by atoms with van der Waals surface area (Å²) in [6, 6.07) is 5.59. The summed E-state index contributed by atoms with van der Waals surface area (Å²) in [5.74, 6) is -0.203. The highest BCUT2D eigenvalue weighted by Crippen LogP contribution is 2.26. The Kier molecular flexibility index (Phi) is 6.86. The first-order valence-corrected chi connectivity index (χ1v) is 8.39.